The fourth-order valence-corrected chi connectivity index (χ4v) is 3.98. The maximum absolute atomic E-state index is 12.0. The summed E-state index contributed by atoms with van der Waals surface area (Å²) in [6.45, 7) is 10.4. The van der Waals surface area contributed by atoms with E-state index >= 15 is 0 Å². The molecule has 1 saturated heterocycles. The Morgan fingerprint density at radius 1 is 1.24 bits per heavy atom. The van der Waals surface area contributed by atoms with Gasteiger partial charge in [-0.2, -0.15) is 5.10 Å². The number of nitrogens with one attached hydrogen (secondary N) is 2. The molecule has 0 aliphatic carbocycles. The predicted molar refractivity (Wildman–Crippen MR) is 118 cm³/mol. The van der Waals surface area contributed by atoms with Crippen LogP contribution in [0.3, 0.4) is 0 Å². The zero-order valence-electron chi connectivity index (χ0n) is 19.1. The van der Waals surface area contributed by atoms with E-state index in [1.165, 1.54) is 24.1 Å². The lowest BCUT2D eigenvalue weighted by atomic mass is 10.1. The first-order valence-corrected chi connectivity index (χ1v) is 10.9. The number of carbonyl (C=O) groups is 1. The molecule has 29 heavy (non-hydrogen) atoms. The summed E-state index contributed by atoms with van der Waals surface area (Å²) in [6, 6.07) is 0.521. The van der Waals surface area contributed by atoms with E-state index in [0.717, 1.165) is 38.2 Å². The highest BCUT2D eigenvalue weighted by atomic mass is 16.2. The van der Waals surface area contributed by atoms with Crippen molar-refractivity contribution in [3.8, 4) is 0 Å². The van der Waals surface area contributed by atoms with Gasteiger partial charge in [0.2, 0.25) is 5.91 Å². The molecule has 0 spiro atoms. The monoisotopic (exact) mass is 405 g/mol. The van der Waals surface area contributed by atoms with Crippen molar-refractivity contribution in [2.75, 3.05) is 40.3 Å². The molecule has 1 amide bonds. The van der Waals surface area contributed by atoms with E-state index in [0.29, 0.717) is 18.5 Å². The molecule has 1 unspecified atom stereocenters. The van der Waals surface area contributed by atoms with Crippen LogP contribution >= 0.6 is 0 Å². The standard InChI is InChI=1S/C21H39N7O/c1-7-18-17(19(8-2)27(6)25-18)14-23-21(24-15-20(29)26(4)5)22-13-16-11-10-12-28(16)9-3/h16H,7-15H2,1-6H3,(H2,22,23,24). The number of aryl methyl sites for hydroxylation is 2. The lowest BCUT2D eigenvalue weighted by molar-refractivity contribution is -0.127. The molecule has 0 bridgehead atoms. The van der Waals surface area contributed by atoms with Gasteiger partial charge in [0.1, 0.15) is 0 Å². The van der Waals surface area contributed by atoms with Gasteiger partial charge in [0, 0.05) is 45.0 Å². The summed E-state index contributed by atoms with van der Waals surface area (Å²) in [5.41, 5.74) is 3.53. The zero-order valence-corrected chi connectivity index (χ0v) is 19.1. The molecule has 164 valence electrons. The van der Waals surface area contributed by atoms with Crippen LogP contribution in [0.5, 0.6) is 0 Å². The number of likely N-dealkylation sites (tertiary alicyclic amines) is 1. The van der Waals surface area contributed by atoms with Crippen molar-refractivity contribution in [3.63, 3.8) is 0 Å². The third kappa shape index (κ3) is 6.19. The minimum Gasteiger partial charge on any atom is -0.355 e. The molecule has 2 N–H and O–H groups in total. The van der Waals surface area contributed by atoms with Gasteiger partial charge in [-0.25, -0.2) is 4.99 Å². The Labute approximate surface area is 175 Å². The number of rotatable bonds is 9. The normalized spacial score (nSPS) is 17.6. The van der Waals surface area contributed by atoms with Crippen molar-refractivity contribution in [2.45, 2.75) is 59.0 Å². The lowest BCUT2D eigenvalue weighted by Gasteiger charge is -2.24. The number of aromatic nitrogens is 2. The van der Waals surface area contributed by atoms with Crippen molar-refractivity contribution < 1.29 is 4.79 Å². The molecule has 8 nitrogen and oxygen atoms in total. The average molecular weight is 406 g/mol. The number of carbonyl (C=O) groups excluding carboxylic acids is 1. The van der Waals surface area contributed by atoms with Crippen molar-refractivity contribution in [3.05, 3.63) is 17.0 Å². The summed E-state index contributed by atoms with van der Waals surface area (Å²) in [7, 11) is 5.53. The third-order valence-electron chi connectivity index (χ3n) is 5.74. The van der Waals surface area contributed by atoms with Gasteiger partial charge in [-0.1, -0.05) is 20.8 Å². The van der Waals surface area contributed by atoms with Crippen molar-refractivity contribution in [2.24, 2.45) is 12.0 Å². The van der Waals surface area contributed by atoms with E-state index in [4.69, 9.17) is 4.99 Å². The first kappa shape index (κ1) is 23.2. The van der Waals surface area contributed by atoms with E-state index in [1.807, 2.05) is 11.7 Å². The Morgan fingerprint density at radius 3 is 2.62 bits per heavy atom. The second-order valence-corrected chi connectivity index (χ2v) is 7.81. The van der Waals surface area contributed by atoms with Gasteiger partial charge in [0.25, 0.3) is 0 Å². The smallest absolute Gasteiger partial charge is 0.241 e. The van der Waals surface area contributed by atoms with Crippen LogP contribution in [0.1, 0.15) is 50.6 Å². The number of nitrogens with zero attached hydrogens (tertiary/aromatic N) is 5. The zero-order chi connectivity index (χ0) is 21.4. The number of hydrogen-bond acceptors (Lipinski definition) is 4. The number of hydrogen-bond donors (Lipinski definition) is 2. The Morgan fingerprint density at radius 2 is 2.00 bits per heavy atom. The average Bonchev–Trinajstić information content (AvgIpc) is 3.29. The van der Waals surface area contributed by atoms with Gasteiger partial charge < -0.3 is 15.5 Å². The molecule has 1 aliphatic heterocycles. The quantitative estimate of drug-likeness (QED) is 0.476. The maximum Gasteiger partial charge on any atom is 0.241 e. The SMILES string of the molecule is CCc1nn(C)c(CC)c1CN=C(NCC(=O)N(C)C)NCC1CCCN1CC. The maximum atomic E-state index is 12.0. The molecule has 2 heterocycles. The molecule has 2 rings (SSSR count). The number of likely N-dealkylation sites (N-methyl/N-ethyl adjacent to an activating group) is 2. The Kier molecular flexibility index (Phi) is 8.95. The van der Waals surface area contributed by atoms with Gasteiger partial charge in [0.05, 0.1) is 18.8 Å². The second kappa shape index (κ2) is 11.2. The van der Waals surface area contributed by atoms with E-state index in [-0.39, 0.29) is 12.5 Å². The van der Waals surface area contributed by atoms with Crippen LogP contribution in [0.25, 0.3) is 0 Å². The van der Waals surface area contributed by atoms with Gasteiger partial charge in [0.15, 0.2) is 5.96 Å². The Hall–Kier alpha value is -2.09. The Bertz CT molecular complexity index is 695. The summed E-state index contributed by atoms with van der Waals surface area (Å²) < 4.78 is 1.97. The second-order valence-electron chi connectivity index (χ2n) is 7.81. The lowest BCUT2D eigenvalue weighted by Crippen LogP contribution is -2.47. The van der Waals surface area contributed by atoms with E-state index in [1.54, 1.807) is 19.0 Å². The van der Waals surface area contributed by atoms with Crippen LogP contribution in [-0.4, -0.2) is 77.8 Å². The summed E-state index contributed by atoms with van der Waals surface area (Å²) in [4.78, 5) is 21.0. The van der Waals surface area contributed by atoms with E-state index < -0.39 is 0 Å². The van der Waals surface area contributed by atoms with Crippen LogP contribution in [0, 0.1) is 0 Å². The highest BCUT2D eigenvalue weighted by Crippen LogP contribution is 2.17. The predicted octanol–water partition coefficient (Wildman–Crippen LogP) is 1.15. The Balaban J connectivity index is 2.12. The minimum atomic E-state index is 0.0282. The molecule has 1 aromatic rings. The van der Waals surface area contributed by atoms with Crippen LogP contribution in [0.4, 0.5) is 0 Å². The molecule has 0 radical (unpaired) electrons. The van der Waals surface area contributed by atoms with Crippen LogP contribution in [0.15, 0.2) is 4.99 Å². The van der Waals surface area contributed by atoms with Gasteiger partial charge in [-0.15, -0.1) is 0 Å². The topological polar surface area (TPSA) is 77.8 Å². The van der Waals surface area contributed by atoms with Crippen molar-refractivity contribution in [1.82, 2.24) is 30.2 Å². The molecule has 1 aliphatic rings. The van der Waals surface area contributed by atoms with Crippen molar-refractivity contribution >= 4 is 11.9 Å². The molecule has 1 aromatic heterocycles. The molecule has 8 heteroatoms. The molecule has 1 fully saturated rings. The highest BCUT2D eigenvalue weighted by molar-refractivity contribution is 5.86. The summed E-state index contributed by atoms with van der Waals surface area (Å²) >= 11 is 0. The van der Waals surface area contributed by atoms with E-state index in [2.05, 4.69) is 41.4 Å². The largest absolute Gasteiger partial charge is 0.355 e. The fraction of sp³-hybridized carbons (Fsp3) is 0.762. The number of guanidine groups is 1. The van der Waals surface area contributed by atoms with E-state index in [9.17, 15) is 4.79 Å². The molecular weight excluding hydrogens is 366 g/mol. The summed E-state index contributed by atoms with van der Waals surface area (Å²) in [6.07, 6.45) is 4.26. The number of amides is 1. The number of aliphatic imine (C=N–C) groups is 1. The summed E-state index contributed by atoms with van der Waals surface area (Å²) in [5.74, 6) is 0.719. The minimum absolute atomic E-state index is 0.0282. The van der Waals surface area contributed by atoms with Crippen LogP contribution in [0.2, 0.25) is 0 Å². The third-order valence-corrected chi connectivity index (χ3v) is 5.74. The van der Waals surface area contributed by atoms with Gasteiger partial charge in [-0.3, -0.25) is 14.4 Å². The highest BCUT2D eigenvalue weighted by Gasteiger charge is 2.23. The first-order valence-electron chi connectivity index (χ1n) is 10.9. The molecular formula is C21H39N7O. The van der Waals surface area contributed by atoms with Crippen molar-refractivity contribution in [1.29, 1.82) is 0 Å². The summed E-state index contributed by atoms with van der Waals surface area (Å²) in [5, 5.41) is 11.3. The van der Waals surface area contributed by atoms with Crippen LogP contribution in [-0.2, 0) is 31.2 Å². The van der Waals surface area contributed by atoms with Gasteiger partial charge in [-0.05, 0) is 38.8 Å². The molecule has 1 atom stereocenters. The van der Waals surface area contributed by atoms with Gasteiger partial charge >= 0.3 is 0 Å². The first-order chi connectivity index (χ1) is 13.9. The fourth-order valence-electron chi connectivity index (χ4n) is 3.98. The van der Waals surface area contributed by atoms with Crippen LogP contribution < -0.4 is 10.6 Å². The molecule has 0 aromatic carbocycles. The molecule has 0 saturated carbocycles.